The summed E-state index contributed by atoms with van der Waals surface area (Å²) in [6, 6.07) is 3.27. The molecular formula is C13H21ClN4O. The van der Waals surface area contributed by atoms with E-state index in [9.17, 15) is 4.79 Å². The number of aromatic nitrogens is 1. The number of halogens is 1. The van der Waals surface area contributed by atoms with E-state index in [1.165, 1.54) is 0 Å². The molecule has 0 aliphatic carbocycles. The predicted octanol–water partition coefficient (Wildman–Crippen LogP) is 2.53. The first-order chi connectivity index (χ1) is 8.68. The number of carbonyl (C=O) groups is 1. The summed E-state index contributed by atoms with van der Waals surface area (Å²) in [6.45, 7) is 8.23. The predicted molar refractivity (Wildman–Crippen MR) is 78.1 cm³/mol. The molecular weight excluding hydrogens is 264 g/mol. The lowest BCUT2D eigenvalue weighted by molar-refractivity contribution is 0.0623. The first-order valence-electron chi connectivity index (χ1n) is 6.08. The summed E-state index contributed by atoms with van der Waals surface area (Å²) in [5.74, 6) is 5.48. The van der Waals surface area contributed by atoms with Crippen LogP contribution in [-0.4, -0.2) is 28.9 Å². The molecule has 106 valence electrons. The van der Waals surface area contributed by atoms with Crippen molar-refractivity contribution in [3.05, 3.63) is 22.8 Å². The van der Waals surface area contributed by atoms with E-state index in [4.69, 9.17) is 17.4 Å². The quantitative estimate of drug-likeness (QED) is 0.661. The lowest BCUT2D eigenvalue weighted by Gasteiger charge is -2.35. The van der Waals surface area contributed by atoms with Gasteiger partial charge in [0.1, 0.15) is 11.5 Å². The van der Waals surface area contributed by atoms with E-state index in [1.807, 2.05) is 6.92 Å². The number of hydrogen-bond acceptors (Lipinski definition) is 4. The Labute approximate surface area is 119 Å². The lowest BCUT2D eigenvalue weighted by atomic mass is 9.87. The van der Waals surface area contributed by atoms with Gasteiger partial charge < -0.3 is 10.3 Å². The van der Waals surface area contributed by atoms with Gasteiger partial charge in [-0.1, -0.05) is 32.4 Å². The zero-order valence-electron chi connectivity index (χ0n) is 12.0. The fraction of sp³-hybridized carbons (Fsp3) is 0.538. The molecule has 0 aliphatic heterocycles. The van der Waals surface area contributed by atoms with E-state index in [2.05, 4.69) is 31.2 Å². The zero-order chi connectivity index (χ0) is 14.8. The third-order valence-electron chi connectivity index (χ3n) is 3.35. The Morgan fingerprint density at radius 2 is 2.05 bits per heavy atom. The summed E-state index contributed by atoms with van der Waals surface area (Å²) in [5.41, 5.74) is 2.58. The summed E-state index contributed by atoms with van der Waals surface area (Å²) in [6.07, 6.45) is 0. The van der Waals surface area contributed by atoms with E-state index < -0.39 is 0 Å². The van der Waals surface area contributed by atoms with E-state index in [1.54, 1.807) is 24.1 Å². The Bertz CT molecular complexity index is 470. The van der Waals surface area contributed by atoms with Crippen LogP contribution in [-0.2, 0) is 0 Å². The topological polar surface area (TPSA) is 71.2 Å². The molecule has 1 atom stereocenters. The SMILES string of the molecule is CC(N(C)C(=O)c1nc(NN)ccc1Cl)C(C)(C)C. The highest BCUT2D eigenvalue weighted by Gasteiger charge is 2.29. The van der Waals surface area contributed by atoms with E-state index in [0.29, 0.717) is 10.8 Å². The van der Waals surface area contributed by atoms with Crippen molar-refractivity contribution in [2.24, 2.45) is 11.3 Å². The van der Waals surface area contributed by atoms with Crippen molar-refractivity contribution in [2.45, 2.75) is 33.7 Å². The second kappa shape index (κ2) is 5.75. The molecule has 0 saturated carbocycles. The summed E-state index contributed by atoms with van der Waals surface area (Å²) in [5, 5.41) is 0.317. The molecule has 0 saturated heterocycles. The molecule has 0 radical (unpaired) electrons. The largest absolute Gasteiger partial charge is 0.337 e. The average Bonchev–Trinajstić information content (AvgIpc) is 2.35. The average molecular weight is 285 g/mol. The molecule has 6 heteroatoms. The Morgan fingerprint density at radius 1 is 1.47 bits per heavy atom. The fourth-order valence-electron chi connectivity index (χ4n) is 1.60. The van der Waals surface area contributed by atoms with E-state index in [-0.39, 0.29) is 23.1 Å². The number of nitrogen functional groups attached to an aromatic ring is 1. The molecule has 0 fully saturated rings. The maximum absolute atomic E-state index is 12.4. The van der Waals surface area contributed by atoms with Gasteiger partial charge in [-0.2, -0.15) is 0 Å². The summed E-state index contributed by atoms with van der Waals surface area (Å²) in [7, 11) is 1.75. The smallest absolute Gasteiger partial charge is 0.274 e. The highest BCUT2D eigenvalue weighted by molar-refractivity contribution is 6.33. The molecule has 0 aromatic carbocycles. The molecule has 1 aromatic heterocycles. The van der Waals surface area contributed by atoms with Crippen LogP contribution in [0.3, 0.4) is 0 Å². The number of hydrazine groups is 1. The third kappa shape index (κ3) is 3.58. The minimum absolute atomic E-state index is 0.0272. The van der Waals surface area contributed by atoms with Crippen molar-refractivity contribution < 1.29 is 4.79 Å². The maximum Gasteiger partial charge on any atom is 0.274 e. The minimum atomic E-state index is -0.218. The van der Waals surface area contributed by atoms with E-state index >= 15 is 0 Å². The number of carbonyl (C=O) groups excluding carboxylic acids is 1. The second-order valence-electron chi connectivity index (χ2n) is 5.63. The molecule has 1 rings (SSSR count). The molecule has 5 nitrogen and oxygen atoms in total. The molecule has 3 N–H and O–H groups in total. The van der Waals surface area contributed by atoms with Gasteiger partial charge in [0.25, 0.3) is 5.91 Å². The van der Waals surface area contributed by atoms with Gasteiger partial charge in [0.2, 0.25) is 0 Å². The van der Waals surface area contributed by atoms with Gasteiger partial charge in [0, 0.05) is 13.1 Å². The summed E-state index contributed by atoms with van der Waals surface area (Å²) < 4.78 is 0. The number of nitrogens with zero attached hydrogens (tertiary/aromatic N) is 2. The van der Waals surface area contributed by atoms with Crippen molar-refractivity contribution in [3.8, 4) is 0 Å². The molecule has 0 bridgehead atoms. The first kappa shape index (κ1) is 15.7. The Hall–Kier alpha value is -1.33. The number of hydrogen-bond donors (Lipinski definition) is 2. The van der Waals surface area contributed by atoms with Crippen LogP contribution in [0.1, 0.15) is 38.2 Å². The molecule has 0 spiro atoms. The van der Waals surface area contributed by atoms with Crippen LogP contribution in [0.5, 0.6) is 0 Å². The minimum Gasteiger partial charge on any atom is -0.337 e. The van der Waals surface area contributed by atoms with Crippen LogP contribution >= 0.6 is 11.6 Å². The molecule has 1 unspecified atom stereocenters. The highest BCUT2D eigenvalue weighted by Crippen LogP contribution is 2.25. The van der Waals surface area contributed by atoms with Crippen molar-refractivity contribution in [1.82, 2.24) is 9.88 Å². The van der Waals surface area contributed by atoms with Crippen LogP contribution in [0, 0.1) is 5.41 Å². The molecule has 19 heavy (non-hydrogen) atoms. The lowest BCUT2D eigenvalue weighted by Crippen LogP contribution is -2.43. The number of nitrogens with two attached hydrogens (primary N) is 1. The van der Waals surface area contributed by atoms with Crippen LogP contribution in [0.15, 0.2) is 12.1 Å². The number of pyridine rings is 1. The van der Waals surface area contributed by atoms with Crippen LogP contribution < -0.4 is 11.3 Å². The maximum atomic E-state index is 12.4. The Balaban J connectivity index is 3.06. The Kier molecular flexibility index (Phi) is 4.76. The molecule has 1 heterocycles. The monoisotopic (exact) mass is 284 g/mol. The third-order valence-corrected chi connectivity index (χ3v) is 3.66. The van der Waals surface area contributed by atoms with Gasteiger partial charge >= 0.3 is 0 Å². The van der Waals surface area contributed by atoms with Crippen molar-refractivity contribution >= 4 is 23.3 Å². The van der Waals surface area contributed by atoms with Crippen molar-refractivity contribution in [1.29, 1.82) is 0 Å². The number of nitrogens with one attached hydrogen (secondary N) is 1. The standard InChI is InChI=1S/C13H21ClN4O/c1-8(13(2,3)4)18(5)12(19)11-9(14)6-7-10(16-11)17-15/h6-8H,15H2,1-5H3,(H,16,17). The van der Waals surface area contributed by atoms with Gasteiger partial charge in [-0.05, 0) is 24.5 Å². The number of anilines is 1. The highest BCUT2D eigenvalue weighted by atomic mass is 35.5. The van der Waals surface area contributed by atoms with Gasteiger partial charge in [-0.25, -0.2) is 10.8 Å². The normalized spacial score (nSPS) is 13.0. The number of amides is 1. The summed E-state index contributed by atoms with van der Waals surface area (Å²) in [4.78, 5) is 18.2. The van der Waals surface area contributed by atoms with Gasteiger partial charge in [0.15, 0.2) is 0 Å². The van der Waals surface area contributed by atoms with Gasteiger partial charge in [-0.15, -0.1) is 0 Å². The zero-order valence-corrected chi connectivity index (χ0v) is 12.7. The van der Waals surface area contributed by atoms with Crippen molar-refractivity contribution in [2.75, 3.05) is 12.5 Å². The van der Waals surface area contributed by atoms with Crippen LogP contribution in [0.25, 0.3) is 0 Å². The molecule has 1 amide bonds. The molecule has 1 aromatic rings. The second-order valence-corrected chi connectivity index (χ2v) is 6.04. The van der Waals surface area contributed by atoms with Crippen LogP contribution in [0.4, 0.5) is 5.82 Å². The van der Waals surface area contributed by atoms with Crippen LogP contribution in [0.2, 0.25) is 5.02 Å². The summed E-state index contributed by atoms with van der Waals surface area (Å²) >= 11 is 6.03. The van der Waals surface area contributed by atoms with E-state index in [0.717, 1.165) is 0 Å². The fourth-order valence-corrected chi connectivity index (χ4v) is 1.78. The number of rotatable bonds is 3. The first-order valence-corrected chi connectivity index (χ1v) is 6.46. The van der Waals surface area contributed by atoms with Crippen molar-refractivity contribution in [3.63, 3.8) is 0 Å². The van der Waals surface area contributed by atoms with Gasteiger partial charge in [0.05, 0.1) is 5.02 Å². The Morgan fingerprint density at radius 3 is 2.53 bits per heavy atom. The van der Waals surface area contributed by atoms with Gasteiger partial charge in [-0.3, -0.25) is 4.79 Å². The molecule has 0 aliphatic rings.